The highest BCUT2D eigenvalue weighted by molar-refractivity contribution is 7.89. The summed E-state index contributed by atoms with van der Waals surface area (Å²) in [5, 5.41) is 2.79. The Morgan fingerprint density at radius 2 is 1.69 bits per heavy atom. The fraction of sp³-hybridized carbons (Fsp3) is 0.350. The van der Waals surface area contributed by atoms with Gasteiger partial charge >= 0.3 is 0 Å². The van der Waals surface area contributed by atoms with Crippen LogP contribution in [0.5, 0.6) is 11.5 Å². The predicted octanol–water partition coefficient (Wildman–Crippen LogP) is 2.29. The minimum absolute atomic E-state index is 0.0301. The van der Waals surface area contributed by atoms with E-state index in [9.17, 15) is 13.2 Å². The largest absolute Gasteiger partial charge is 0.493 e. The van der Waals surface area contributed by atoms with Crippen LogP contribution in [0, 0.1) is 6.92 Å². The number of carbonyl (C=O) groups excluding carboxylic acids is 1. The highest BCUT2D eigenvalue weighted by Crippen LogP contribution is 2.33. The maximum absolute atomic E-state index is 13.1. The molecule has 1 saturated heterocycles. The molecule has 1 aliphatic rings. The van der Waals surface area contributed by atoms with E-state index in [4.69, 9.17) is 14.2 Å². The third kappa shape index (κ3) is 4.36. The zero-order valence-electron chi connectivity index (χ0n) is 16.6. The lowest BCUT2D eigenvalue weighted by molar-refractivity contribution is 0.0730. The van der Waals surface area contributed by atoms with E-state index in [1.54, 1.807) is 24.3 Å². The number of hydrogen-bond donors (Lipinski definition) is 1. The van der Waals surface area contributed by atoms with E-state index in [0.717, 1.165) is 5.56 Å². The van der Waals surface area contributed by atoms with Crippen molar-refractivity contribution in [1.29, 1.82) is 0 Å². The molecule has 1 heterocycles. The van der Waals surface area contributed by atoms with Gasteiger partial charge in [0.2, 0.25) is 10.0 Å². The topological polar surface area (TPSA) is 94.2 Å². The number of benzene rings is 2. The molecule has 29 heavy (non-hydrogen) atoms. The summed E-state index contributed by atoms with van der Waals surface area (Å²) in [6, 6.07) is 9.57. The normalized spacial score (nSPS) is 15.0. The van der Waals surface area contributed by atoms with Crippen molar-refractivity contribution >= 4 is 21.6 Å². The number of aryl methyl sites for hydroxylation is 1. The molecular formula is C20H24N2O6S. The first-order valence-electron chi connectivity index (χ1n) is 9.09. The predicted molar refractivity (Wildman–Crippen MR) is 108 cm³/mol. The number of methoxy groups -OCH3 is 2. The van der Waals surface area contributed by atoms with Gasteiger partial charge in [-0.15, -0.1) is 0 Å². The van der Waals surface area contributed by atoms with Gasteiger partial charge in [-0.05, 0) is 30.7 Å². The molecule has 8 nitrogen and oxygen atoms in total. The van der Waals surface area contributed by atoms with Gasteiger partial charge in [0.15, 0.2) is 11.5 Å². The van der Waals surface area contributed by atoms with Crippen molar-refractivity contribution in [2.75, 3.05) is 45.8 Å². The molecule has 0 spiro atoms. The Kier molecular flexibility index (Phi) is 6.41. The van der Waals surface area contributed by atoms with E-state index in [1.165, 1.54) is 30.7 Å². The lowest BCUT2D eigenvalue weighted by Gasteiger charge is -2.26. The van der Waals surface area contributed by atoms with E-state index >= 15 is 0 Å². The molecule has 0 atom stereocenters. The SMILES string of the molecule is COc1cc(C)c(NC(=O)c2ccccc2S(=O)(=O)N2CCOCC2)cc1OC. The molecular weight excluding hydrogens is 396 g/mol. The lowest BCUT2D eigenvalue weighted by Crippen LogP contribution is -2.41. The van der Waals surface area contributed by atoms with E-state index in [-0.39, 0.29) is 23.5 Å². The van der Waals surface area contributed by atoms with Gasteiger partial charge in [0, 0.05) is 24.8 Å². The van der Waals surface area contributed by atoms with Crippen LogP contribution in [-0.4, -0.2) is 59.2 Å². The average molecular weight is 420 g/mol. The van der Waals surface area contributed by atoms with Crippen molar-refractivity contribution in [3.05, 3.63) is 47.5 Å². The summed E-state index contributed by atoms with van der Waals surface area (Å²) in [5.41, 5.74) is 1.34. The number of carbonyl (C=O) groups is 1. The Morgan fingerprint density at radius 1 is 1.07 bits per heavy atom. The van der Waals surface area contributed by atoms with E-state index in [1.807, 2.05) is 6.92 Å². The maximum atomic E-state index is 13.1. The molecule has 156 valence electrons. The Morgan fingerprint density at radius 3 is 2.34 bits per heavy atom. The summed E-state index contributed by atoms with van der Waals surface area (Å²) in [7, 11) is -0.783. The van der Waals surface area contributed by atoms with Gasteiger partial charge in [-0.3, -0.25) is 4.79 Å². The van der Waals surface area contributed by atoms with Gasteiger partial charge in [-0.2, -0.15) is 4.31 Å². The van der Waals surface area contributed by atoms with Crippen LogP contribution in [0.1, 0.15) is 15.9 Å². The number of ether oxygens (including phenoxy) is 3. The Hall–Kier alpha value is -2.62. The number of anilines is 1. The highest BCUT2D eigenvalue weighted by Gasteiger charge is 2.30. The van der Waals surface area contributed by atoms with Crippen molar-refractivity contribution in [2.45, 2.75) is 11.8 Å². The van der Waals surface area contributed by atoms with Gasteiger partial charge in [0.1, 0.15) is 0 Å². The van der Waals surface area contributed by atoms with Gasteiger partial charge in [-0.25, -0.2) is 8.42 Å². The van der Waals surface area contributed by atoms with Gasteiger partial charge < -0.3 is 19.5 Å². The molecule has 9 heteroatoms. The molecule has 0 aromatic heterocycles. The average Bonchev–Trinajstić information content (AvgIpc) is 2.75. The first-order chi connectivity index (χ1) is 13.9. The number of nitrogens with zero attached hydrogens (tertiary/aromatic N) is 1. The first-order valence-corrected chi connectivity index (χ1v) is 10.5. The number of sulfonamides is 1. The monoisotopic (exact) mass is 420 g/mol. The molecule has 1 fully saturated rings. The molecule has 1 amide bonds. The van der Waals surface area contributed by atoms with Crippen LogP contribution in [0.25, 0.3) is 0 Å². The van der Waals surface area contributed by atoms with E-state index in [2.05, 4.69) is 5.32 Å². The van der Waals surface area contributed by atoms with Crippen molar-refractivity contribution in [3.8, 4) is 11.5 Å². The molecule has 0 unspecified atom stereocenters. The minimum atomic E-state index is -3.82. The van der Waals surface area contributed by atoms with Crippen LogP contribution in [0.4, 0.5) is 5.69 Å². The van der Waals surface area contributed by atoms with Gasteiger partial charge in [-0.1, -0.05) is 12.1 Å². The summed E-state index contributed by atoms with van der Waals surface area (Å²) in [4.78, 5) is 12.9. The zero-order chi connectivity index (χ0) is 21.0. The number of rotatable bonds is 6. The van der Waals surface area contributed by atoms with Crippen LogP contribution in [0.3, 0.4) is 0 Å². The fourth-order valence-electron chi connectivity index (χ4n) is 3.11. The maximum Gasteiger partial charge on any atom is 0.257 e. The number of morpholine rings is 1. The summed E-state index contributed by atoms with van der Waals surface area (Å²) in [5.74, 6) is 0.480. The third-order valence-corrected chi connectivity index (χ3v) is 6.66. The molecule has 3 rings (SSSR count). The molecule has 0 saturated carbocycles. The second-order valence-corrected chi connectivity index (χ2v) is 8.40. The lowest BCUT2D eigenvalue weighted by atomic mass is 10.1. The van der Waals surface area contributed by atoms with E-state index in [0.29, 0.717) is 30.4 Å². The Bertz CT molecular complexity index is 1000. The zero-order valence-corrected chi connectivity index (χ0v) is 17.4. The van der Waals surface area contributed by atoms with Crippen LogP contribution < -0.4 is 14.8 Å². The molecule has 0 bridgehead atoms. The number of nitrogens with one attached hydrogen (secondary N) is 1. The van der Waals surface area contributed by atoms with Gasteiger partial charge in [0.25, 0.3) is 5.91 Å². The van der Waals surface area contributed by atoms with Crippen LogP contribution >= 0.6 is 0 Å². The van der Waals surface area contributed by atoms with Gasteiger partial charge in [0.05, 0.1) is 37.9 Å². The van der Waals surface area contributed by atoms with Crippen LogP contribution in [0.2, 0.25) is 0 Å². The molecule has 0 radical (unpaired) electrons. The first kappa shape index (κ1) is 21.1. The van der Waals surface area contributed by atoms with Crippen molar-refractivity contribution in [3.63, 3.8) is 0 Å². The second kappa shape index (κ2) is 8.81. The molecule has 1 N–H and O–H groups in total. The minimum Gasteiger partial charge on any atom is -0.493 e. The number of amides is 1. The Labute approximate surface area is 170 Å². The highest BCUT2D eigenvalue weighted by atomic mass is 32.2. The van der Waals surface area contributed by atoms with Crippen molar-refractivity contribution in [2.24, 2.45) is 0 Å². The summed E-state index contributed by atoms with van der Waals surface area (Å²) in [6.45, 7) is 2.99. The second-order valence-electron chi connectivity index (χ2n) is 6.49. The van der Waals surface area contributed by atoms with Crippen molar-refractivity contribution < 1.29 is 27.4 Å². The number of hydrogen-bond acceptors (Lipinski definition) is 6. The fourth-order valence-corrected chi connectivity index (χ4v) is 4.71. The molecule has 2 aromatic rings. The standard InChI is InChI=1S/C20H24N2O6S/c1-14-12-17(26-2)18(27-3)13-16(14)21-20(23)15-6-4-5-7-19(15)29(24,25)22-8-10-28-11-9-22/h4-7,12-13H,8-11H2,1-3H3,(H,21,23). The van der Waals surface area contributed by atoms with E-state index < -0.39 is 15.9 Å². The summed E-state index contributed by atoms with van der Waals surface area (Å²) < 4.78 is 43.3. The van der Waals surface area contributed by atoms with Crippen LogP contribution in [0.15, 0.2) is 41.3 Å². The summed E-state index contributed by atoms with van der Waals surface area (Å²) in [6.07, 6.45) is 0. The molecule has 1 aliphatic heterocycles. The molecule has 0 aliphatic carbocycles. The smallest absolute Gasteiger partial charge is 0.257 e. The quantitative estimate of drug-likeness (QED) is 0.771. The van der Waals surface area contributed by atoms with Crippen LogP contribution in [-0.2, 0) is 14.8 Å². The Balaban J connectivity index is 1.93. The summed E-state index contributed by atoms with van der Waals surface area (Å²) >= 11 is 0. The third-order valence-electron chi connectivity index (χ3n) is 4.70. The van der Waals surface area contributed by atoms with Crippen molar-refractivity contribution in [1.82, 2.24) is 4.31 Å². The molecule has 2 aromatic carbocycles.